The summed E-state index contributed by atoms with van der Waals surface area (Å²) in [5.74, 6) is -0.0393. The number of carboxylic acids is 1. The Hall–Kier alpha value is -1.57. The third-order valence-corrected chi connectivity index (χ3v) is 3.55. The van der Waals surface area contributed by atoms with Crippen LogP contribution in [0, 0.1) is 5.92 Å². The number of aryl methyl sites for hydroxylation is 1. The van der Waals surface area contributed by atoms with E-state index < -0.39 is 5.97 Å². The van der Waals surface area contributed by atoms with Crippen LogP contribution >= 0.6 is 11.8 Å². The molecule has 1 amide bonds. The zero-order valence-electron chi connectivity index (χ0n) is 12.6. The highest BCUT2D eigenvalue weighted by atomic mass is 32.2. The van der Waals surface area contributed by atoms with Crippen LogP contribution in [0.4, 0.5) is 0 Å². The van der Waals surface area contributed by atoms with E-state index in [4.69, 9.17) is 5.11 Å². The van der Waals surface area contributed by atoms with Gasteiger partial charge in [-0.3, -0.25) is 14.2 Å². The highest BCUT2D eigenvalue weighted by Gasteiger charge is 2.16. The predicted octanol–water partition coefficient (Wildman–Crippen LogP) is 1.18. The molecule has 0 saturated carbocycles. The Labute approximate surface area is 128 Å². The predicted molar refractivity (Wildman–Crippen MR) is 80.2 cm³/mol. The Morgan fingerprint density at radius 1 is 1.38 bits per heavy atom. The lowest BCUT2D eigenvalue weighted by Crippen LogP contribution is -2.31. The Bertz CT molecular complexity index is 488. The molecule has 1 heterocycles. The molecule has 0 aliphatic rings. The molecule has 2 N–H and O–H groups in total. The topological polar surface area (TPSA) is 97.1 Å². The molecule has 0 bridgehead atoms. The molecule has 0 unspecified atom stereocenters. The minimum absolute atomic E-state index is 0.0993. The summed E-state index contributed by atoms with van der Waals surface area (Å²) in [6.45, 7) is 6.80. The van der Waals surface area contributed by atoms with Crippen LogP contribution in [0.2, 0.25) is 0 Å². The van der Waals surface area contributed by atoms with E-state index in [0.717, 1.165) is 18.2 Å². The Morgan fingerprint density at radius 2 is 2.10 bits per heavy atom. The van der Waals surface area contributed by atoms with Crippen LogP contribution in [0.5, 0.6) is 0 Å². The van der Waals surface area contributed by atoms with E-state index in [9.17, 15) is 9.59 Å². The van der Waals surface area contributed by atoms with Gasteiger partial charge in [0.2, 0.25) is 5.91 Å². The van der Waals surface area contributed by atoms with Gasteiger partial charge < -0.3 is 10.4 Å². The quantitative estimate of drug-likeness (QED) is 0.664. The maximum atomic E-state index is 11.9. The average Bonchev–Trinajstić information content (AvgIpc) is 2.77. The number of thioether (sulfide) groups is 1. The van der Waals surface area contributed by atoms with Crippen molar-refractivity contribution in [1.82, 2.24) is 20.1 Å². The van der Waals surface area contributed by atoms with Gasteiger partial charge in [0.25, 0.3) is 0 Å². The summed E-state index contributed by atoms with van der Waals surface area (Å²) in [5.41, 5.74) is 0. The van der Waals surface area contributed by atoms with Crippen molar-refractivity contribution < 1.29 is 14.7 Å². The van der Waals surface area contributed by atoms with Gasteiger partial charge in [0, 0.05) is 13.0 Å². The zero-order chi connectivity index (χ0) is 15.8. The number of carboxylic acid groups (broad SMARTS) is 1. The number of carbonyl (C=O) groups excluding carboxylic acids is 1. The molecule has 0 fully saturated rings. The Kier molecular flexibility index (Phi) is 7.21. The molecule has 0 spiro atoms. The second-order valence-corrected chi connectivity index (χ2v) is 6.06. The monoisotopic (exact) mass is 314 g/mol. The van der Waals surface area contributed by atoms with Gasteiger partial charge in [0.05, 0.1) is 5.75 Å². The number of rotatable bonds is 9. The van der Waals surface area contributed by atoms with Gasteiger partial charge in [0.1, 0.15) is 12.4 Å². The van der Waals surface area contributed by atoms with E-state index in [1.807, 2.05) is 20.8 Å². The van der Waals surface area contributed by atoms with Crippen LogP contribution in [0.1, 0.15) is 33.0 Å². The Morgan fingerprint density at radius 3 is 2.67 bits per heavy atom. The summed E-state index contributed by atoms with van der Waals surface area (Å²) >= 11 is 1.08. The number of aromatic nitrogens is 3. The standard InChI is InChI=1S/C13H22N4O3S/c1-4-5-10-15-16-13(21-8-12(19)20)17(10)7-11(18)14-6-9(2)3/h9H,4-8H2,1-3H3,(H,14,18)(H,19,20). The average molecular weight is 314 g/mol. The number of hydrogen-bond acceptors (Lipinski definition) is 5. The van der Waals surface area contributed by atoms with Crippen molar-refractivity contribution in [2.45, 2.75) is 45.3 Å². The molecule has 0 radical (unpaired) electrons. The molecule has 0 saturated heterocycles. The van der Waals surface area contributed by atoms with Crippen molar-refractivity contribution in [2.24, 2.45) is 5.92 Å². The van der Waals surface area contributed by atoms with Crippen molar-refractivity contribution in [3.05, 3.63) is 5.82 Å². The fraction of sp³-hybridized carbons (Fsp3) is 0.692. The maximum absolute atomic E-state index is 11.9. The van der Waals surface area contributed by atoms with Gasteiger partial charge in [-0.1, -0.05) is 32.5 Å². The molecule has 0 aliphatic carbocycles. The minimum atomic E-state index is -0.921. The zero-order valence-corrected chi connectivity index (χ0v) is 13.4. The van der Waals surface area contributed by atoms with E-state index in [-0.39, 0.29) is 18.2 Å². The van der Waals surface area contributed by atoms with E-state index in [2.05, 4.69) is 15.5 Å². The minimum Gasteiger partial charge on any atom is -0.481 e. The summed E-state index contributed by atoms with van der Waals surface area (Å²) in [7, 11) is 0. The fourth-order valence-electron chi connectivity index (χ4n) is 1.64. The first-order chi connectivity index (χ1) is 9.93. The van der Waals surface area contributed by atoms with Crippen LogP contribution in [0.3, 0.4) is 0 Å². The van der Waals surface area contributed by atoms with Gasteiger partial charge in [-0.15, -0.1) is 10.2 Å². The van der Waals surface area contributed by atoms with Gasteiger partial charge in [-0.25, -0.2) is 0 Å². The number of aliphatic carboxylic acids is 1. The van der Waals surface area contributed by atoms with E-state index in [1.165, 1.54) is 0 Å². The molecular formula is C13H22N4O3S. The molecule has 0 atom stereocenters. The fourth-order valence-corrected chi connectivity index (χ4v) is 2.31. The summed E-state index contributed by atoms with van der Waals surface area (Å²) in [6.07, 6.45) is 1.59. The van der Waals surface area contributed by atoms with Crippen molar-refractivity contribution in [3.63, 3.8) is 0 Å². The summed E-state index contributed by atoms with van der Waals surface area (Å²) < 4.78 is 1.70. The molecule has 118 valence electrons. The van der Waals surface area contributed by atoms with Crippen LogP contribution in [-0.2, 0) is 22.6 Å². The normalized spacial score (nSPS) is 10.9. The molecule has 0 aliphatic heterocycles. The van der Waals surface area contributed by atoms with Crippen LogP contribution in [0.25, 0.3) is 0 Å². The van der Waals surface area contributed by atoms with Crippen molar-refractivity contribution in [2.75, 3.05) is 12.3 Å². The first-order valence-corrected chi connectivity index (χ1v) is 7.96. The van der Waals surface area contributed by atoms with Gasteiger partial charge in [-0.2, -0.15) is 0 Å². The summed E-state index contributed by atoms with van der Waals surface area (Å²) in [4.78, 5) is 22.6. The van der Waals surface area contributed by atoms with Crippen LogP contribution in [-0.4, -0.2) is 44.0 Å². The van der Waals surface area contributed by atoms with Gasteiger partial charge >= 0.3 is 5.97 Å². The molecule has 7 nitrogen and oxygen atoms in total. The number of amides is 1. The highest BCUT2D eigenvalue weighted by Crippen LogP contribution is 2.17. The smallest absolute Gasteiger partial charge is 0.313 e. The molecule has 1 aromatic heterocycles. The van der Waals surface area contributed by atoms with Gasteiger partial charge in [0.15, 0.2) is 5.16 Å². The lowest BCUT2D eigenvalue weighted by Gasteiger charge is -2.11. The van der Waals surface area contributed by atoms with Crippen molar-refractivity contribution >= 4 is 23.6 Å². The summed E-state index contributed by atoms with van der Waals surface area (Å²) in [6, 6.07) is 0. The third-order valence-electron chi connectivity index (χ3n) is 2.60. The van der Waals surface area contributed by atoms with Crippen LogP contribution < -0.4 is 5.32 Å². The number of nitrogens with zero attached hydrogens (tertiary/aromatic N) is 3. The van der Waals surface area contributed by atoms with Crippen molar-refractivity contribution in [1.29, 1.82) is 0 Å². The second-order valence-electron chi connectivity index (χ2n) is 5.12. The number of nitrogens with one attached hydrogen (secondary N) is 1. The molecule has 1 rings (SSSR count). The largest absolute Gasteiger partial charge is 0.481 e. The molecule has 0 aromatic carbocycles. The first kappa shape index (κ1) is 17.5. The second kappa shape index (κ2) is 8.66. The highest BCUT2D eigenvalue weighted by molar-refractivity contribution is 7.99. The first-order valence-electron chi connectivity index (χ1n) is 6.97. The molecule has 8 heteroatoms. The molecule has 1 aromatic rings. The summed E-state index contributed by atoms with van der Waals surface area (Å²) in [5, 5.41) is 20.1. The Balaban J connectivity index is 2.77. The molecular weight excluding hydrogens is 292 g/mol. The third kappa shape index (κ3) is 6.16. The van der Waals surface area contributed by atoms with E-state index >= 15 is 0 Å². The SMILES string of the molecule is CCCc1nnc(SCC(=O)O)n1CC(=O)NCC(C)C. The lowest BCUT2D eigenvalue weighted by atomic mass is 10.2. The van der Waals surface area contributed by atoms with Crippen molar-refractivity contribution in [3.8, 4) is 0 Å². The van der Waals surface area contributed by atoms with E-state index in [0.29, 0.717) is 29.9 Å². The van der Waals surface area contributed by atoms with Gasteiger partial charge in [-0.05, 0) is 12.3 Å². The molecule has 21 heavy (non-hydrogen) atoms. The van der Waals surface area contributed by atoms with E-state index in [1.54, 1.807) is 4.57 Å². The lowest BCUT2D eigenvalue weighted by molar-refractivity contribution is -0.133. The number of hydrogen-bond donors (Lipinski definition) is 2. The maximum Gasteiger partial charge on any atom is 0.313 e. The number of carbonyl (C=O) groups is 2. The van der Waals surface area contributed by atoms with Crippen LogP contribution in [0.15, 0.2) is 5.16 Å².